The number of nitrogens with zero attached hydrogens (tertiary/aromatic N) is 1. The Labute approximate surface area is 163 Å². The van der Waals surface area contributed by atoms with Gasteiger partial charge in [-0.25, -0.2) is 0 Å². The van der Waals surface area contributed by atoms with Gasteiger partial charge in [0, 0.05) is 25.2 Å². The summed E-state index contributed by atoms with van der Waals surface area (Å²) in [6, 6.07) is 3.70. The van der Waals surface area contributed by atoms with Gasteiger partial charge in [-0.15, -0.1) is 0 Å². The molecule has 0 aliphatic rings. The van der Waals surface area contributed by atoms with Crippen molar-refractivity contribution in [2.24, 2.45) is 0 Å². The maximum Gasteiger partial charge on any atom is 0.0915 e. The standard InChI is InChI=1S/C20H34Cl2N2O/c1-6-8-10-24(11-9-7-2)19-16(21)12-15(13-17(19)22)18(25)14-23-20(3,4)5/h12-13,18,23,25H,6-11,14H2,1-5H3. The van der Waals surface area contributed by atoms with E-state index in [0.717, 1.165) is 50.0 Å². The van der Waals surface area contributed by atoms with Crippen molar-refractivity contribution in [2.75, 3.05) is 24.5 Å². The minimum absolute atomic E-state index is 0.0500. The lowest BCUT2D eigenvalue weighted by Gasteiger charge is -2.28. The van der Waals surface area contributed by atoms with E-state index in [1.165, 1.54) is 0 Å². The lowest BCUT2D eigenvalue weighted by Crippen LogP contribution is -2.38. The van der Waals surface area contributed by atoms with Gasteiger partial charge < -0.3 is 15.3 Å². The zero-order valence-corrected chi connectivity index (χ0v) is 17.8. The van der Waals surface area contributed by atoms with Crippen molar-refractivity contribution in [2.45, 2.75) is 71.9 Å². The molecule has 3 nitrogen and oxygen atoms in total. The summed E-state index contributed by atoms with van der Waals surface area (Å²) in [7, 11) is 0. The van der Waals surface area contributed by atoms with E-state index in [9.17, 15) is 5.11 Å². The molecule has 0 spiro atoms. The van der Waals surface area contributed by atoms with E-state index in [0.29, 0.717) is 16.6 Å². The summed E-state index contributed by atoms with van der Waals surface area (Å²) in [6.45, 7) is 12.9. The second-order valence-electron chi connectivity index (χ2n) is 7.67. The number of unbranched alkanes of at least 4 members (excludes halogenated alkanes) is 2. The normalized spacial score (nSPS) is 13.1. The minimum atomic E-state index is -0.636. The van der Waals surface area contributed by atoms with Gasteiger partial charge in [0.25, 0.3) is 0 Å². The van der Waals surface area contributed by atoms with Crippen molar-refractivity contribution in [3.63, 3.8) is 0 Å². The van der Waals surface area contributed by atoms with Gasteiger partial charge in [0.1, 0.15) is 0 Å². The summed E-state index contributed by atoms with van der Waals surface area (Å²) in [5.74, 6) is 0. The monoisotopic (exact) mass is 388 g/mol. The molecule has 1 rings (SSSR count). The number of nitrogens with one attached hydrogen (secondary N) is 1. The zero-order valence-electron chi connectivity index (χ0n) is 16.3. The van der Waals surface area contributed by atoms with Gasteiger partial charge in [0.15, 0.2) is 0 Å². The van der Waals surface area contributed by atoms with Crippen molar-refractivity contribution in [1.82, 2.24) is 5.32 Å². The molecule has 144 valence electrons. The molecule has 0 fully saturated rings. The van der Waals surface area contributed by atoms with Crippen LogP contribution < -0.4 is 10.2 Å². The number of anilines is 1. The van der Waals surface area contributed by atoms with Gasteiger partial charge in [-0.2, -0.15) is 0 Å². The maximum absolute atomic E-state index is 10.5. The van der Waals surface area contributed by atoms with E-state index in [2.05, 4.69) is 44.8 Å². The number of rotatable bonds is 10. The van der Waals surface area contributed by atoms with Crippen LogP contribution in [-0.2, 0) is 0 Å². The number of aliphatic hydroxyl groups excluding tert-OH is 1. The molecule has 1 atom stereocenters. The van der Waals surface area contributed by atoms with Crippen LogP contribution in [0.1, 0.15) is 72.0 Å². The van der Waals surface area contributed by atoms with Crippen LogP contribution in [-0.4, -0.2) is 30.3 Å². The van der Waals surface area contributed by atoms with Crippen LogP contribution in [0, 0.1) is 0 Å². The fraction of sp³-hybridized carbons (Fsp3) is 0.700. The molecule has 0 aliphatic carbocycles. The summed E-state index contributed by atoms with van der Waals surface area (Å²) in [4.78, 5) is 2.28. The maximum atomic E-state index is 10.5. The molecular weight excluding hydrogens is 355 g/mol. The Morgan fingerprint density at radius 1 is 1.04 bits per heavy atom. The van der Waals surface area contributed by atoms with Gasteiger partial charge in [-0.05, 0) is 51.3 Å². The predicted molar refractivity (Wildman–Crippen MR) is 111 cm³/mol. The molecule has 0 saturated carbocycles. The van der Waals surface area contributed by atoms with Crippen LogP contribution in [0.2, 0.25) is 10.0 Å². The molecule has 1 aromatic rings. The minimum Gasteiger partial charge on any atom is -0.387 e. The quantitative estimate of drug-likeness (QED) is 0.529. The highest BCUT2D eigenvalue weighted by Gasteiger charge is 2.19. The van der Waals surface area contributed by atoms with Gasteiger partial charge >= 0.3 is 0 Å². The largest absolute Gasteiger partial charge is 0.387 e. The van der Waals surface area contributed by atoms with E-state index in [1.807, 2.05) is 12.1 Å². The molecule has 0 radical (unpaired) electrons. The molecule has 0 heterocycles. The topological polar surface area (TPSA) is 35.5 Å². The van der Waals surface area contributed by atoms with Gasteiger partial charge in [-0.1, -0.05) is 49.9 Å². The smallest absolute Gasteiger partial charge is 0.0915 e. The SMILES string of the molecule is CCCCN(CCCC)c1c(Cl)cc(C(O)CNC(C)(C)C)cc1Cl. The van der Waals surface area contributed by atoms with Crippen LogP contribution in [0.3, 0.4) is 0 Å². The van der Waals surface area contributed by atoms with E-state index in [1.54, 1.807) is 0 Å². The number of β-amino-alcohol motifs (C(OH)–C–C–N with tert-alkyl or cyclic N) is 1. The third-order valence-electron chi connectivity index (χ3n) is 4.13. The number of halogens is 2. The molecule has 25 heavy (non-hydrogen) atoms. The van der Waals surface area contributed by atoms with Crippen LogP contribution in [0.5, 0.6) is 0 Å². The third-order valence-corrected chi connectivity index (χ3v) is 4.71. The summed E-state index contributed by atoms with van der Waals surface area (Å²) >= 11 is 13.1. The molecule has 0 aliphatic heterocycles. The average molecular weight is 389 g/mol. The van der Waals surface area contributed by atoms with Crippen LogP contribution in [0.4, 0.5) is 5.69 Å². The van der Waals surface area contributed by atoms with Gasteiger partial charge in [0.05, 0.1) is 21.8 Å². The Kier molecular flexibility index (Phi) is 9.58. The van der Waals surface area contributed by atoms with Crippen LogP contribution in [0.25, 0.3) is 0 Å². The van der Waals surface area contributed by atoms with E-state index < -0.39 is 6.10 Å². The lowest BCUT2D eigenvalue weighted by atomic mass is 10.1. The number of benzene rings is 1. The van der Waals surface area contributed by atoms with E-state index in [-0.39, 0.29) is 5.54 Å². The summed E-state index contributed by atoms with van der Waals surface area (Å²) in [6.07, 6.45) is 3.84. The highest BCUT2D eigenvalue weighted by atomic mass is 35.5. The predicted octanol–water partition coefficient (Wildman–Crippen LogP) is 5.82. The summed E-state index contributed by atoms with van der Waals surface area (Å²) in [5.41, 5.74) is 1.59. The van der Waals surface area contributed by atoms with E-state index in [4.69, 9.17) is 23.2 Å². The number of aliphatic hydroxyl groups is 1. The molecule has 0 aromatic heterocycles. The van der Waals surface area contributed by atoms with Crippen LogP contribution in [0.15, 0.2) is 12.1 Å². The molecule has 5 heteroatoms. The molecule has 0 bridgehead atoms. The summed E-state index contributed by atoms with van der Waals surface area (Å²) < 4.78 is 0. The molecule has 2 N–H and O–H groups in total. The fourth-order valence-electron chi connectivity index (χ4n) is 2.63. The zero-order chi connectivity index (χ0) is 19.0. The van der Waals surface area contributed by atoms with Crippen molar-refractivity contribution in [1.29, 1.82) is 0 Å². The first kappa shape index (κ1) is 22.6. The summed E-state index contributed by atoms with van der Waals surface area (Å²) in [5, 5.41) is 15.0. The van der Waals surface area contributed by atoms with Crippen LogP contribution >= 0.6 is 23.2 Å². The van der Waals surface area contributed by atoms with Crippen molar-refractivity contribution < 1.29 is 5.11 Å². The Bertz CT molecular complexity index is 498. The first-order valence-corrected chi connectivity index (χ1v) is 10.1. The number of hydrogen-bond donors (Lipinski definition) is 2. The second kappa shape index (κ2) is 10.6. The van der Waals surface area contributed by atoms with Crippen molar-refractivity contribution in [3.05, 3.63) is 27.7 Å². The Balaban J connectivity index is 2.99. The molecule has 1 unspecified atom stereocenters. The van der Waals surface area contributed by atoms with Gasteiger partial charge in [0.2, 0.25) is 0 Å². The third kappa shape index (κ3) is 7.74. The molecule has 0 amide bonds. The van der Waals surface area contributed by atoms with Crippen molar-refractivity contribution in [3.8, 4) is 0 Å². The first-order valence-electron chi connectivity index (χ1n) is 9.36. The number of hydrogen-bond acceptors (Lipinski definition) is 3. The lowest BCUT2D eigenvalue weighted by molar-refractivity contribution is 0.163. The Morgan fingerprint density at radius 2 is 1.52 bits per heavy atom. The average Bonchev–Trinajstić information content (AvgIpc) is 2.52. The van der Waals surface area contributed by atoms with E-state index >= 15 is 0 Å². The molecular formula is C20H34Cl2N2O. The fourth-order valence-corrected chi connectivity index (χ4v) is 3.38. The molecule has 1 aromatic carbocycles. The first-order chi connectivity index (χ1) is 11.7. The highest BCUT2D eigenvalue weighted by Crippen LogP contribution is 2.37. The Hall–Kier alpha value is -0.480. The van der Waals surface area contributed by atoms with Gasteiger partial charge in [-0.3, -0.25) is 0 Å². The molecule has 0 saturated heterocycles. The van der Waals surface area contributed by atoms with Crippen molar-refractivity contribution >= 4 is 28.9 Å². The second-order valence-corrected chi connectivity index (χ2v) is 8.49. The highest BCUT2D eigenvalue weighted by molar-refractivity contribution is 6.39. The Morgan fingerprint density at radius 3 is 1.92 bits per heavy atom.